The number of aromatic nitrogens is 2. The van der Waals surface area contributed by atoms with Crippen LogP contribution in [0.1, 0.15) is 39.4 Å². The van der Waals surface area contributed by atoms with Crippen LogP contribution in [0.2, 0.25) is 0 Å². The third-order valence-corrected chi connectivity index (χ3v) is 2.27. The van der Waals surface area contributed by atoms with Crippen molar-refractivity contribution in [2.24, 2.45) is 0 Å². The highest BCUT2D eigenvalue weighted by molar-refractivity contribution is 5.26. The molecule has 0 unspecified atom stereocenters. The summed E-state index contributed by atoms with van der Waals surface area (Å²) in [6, 6.07) is 3.07. The summed E-state index contributed by atoms with van der Waals surface area (Å²) in [5, 5.41) is 4.18. The lowest BCUT2D eigenvalue weighted by molar-refractivity contribution is -0.0970. The second-order valence-electron chi connectivity index (χ2n) is 4.11. The lowest BCUT2D eigenvalue weighted by Crippen LogP contribution is -2.24. The molecule has 1 rings (SSSR count). The molecular formula is C14H20N2O3. The minimum Gasteiger partial charge on any atom is -0.342 e. The van der Waals surface area contributed by atoms with Crippen LogP contribution in [0.15, 0.2) is 16.9 Å². The lowest BCUT2D eigenvalue weighted by atomic mass is 10.3. The minimum absolute atomic E-state index is 0.00355. The van der Waals surface area contributed by atoms with Crippen LogP contribution in [0.4, 0.5) is 0 Å². The standard InChI is InChI=1S/C14H20N2O3/c1-5-18-14(19-6-2)10-8-12-7-9-13(17)16(15-12)11(3)4/h7,9,11,14H,5-6H2,1-4H3. The van der Waals surface area contributed by atoms with Gasteiger partial charge in [0.2, 0.25) is 6.29 Å². The van der Waals surface area contributed by atoms with E-state index in [4.69, 9.17) is 9.47 Å². The van der Waals surface area contributed by atoms with Crippen molar-refractivity contribution in [2.75, 3.05) is 13.2 Å². The summed E-state index contributed by atoms with van der Waals surface area (Å²) in [5.41, 5.74) is 0.393. The fourth-order valence-corrected chi connectivity index (χ4v) is 1.43. The van der Waals surface area contributed by atoms with Crippen LogP contribution in [-0.4, -0.2) is 29.3 Å². The zero-order valence-corrected chi connectivity index (χ0v) is 11.8. The minimum atomic E-state index is -0.559. The Kier molecular flexibility index (Phi) is 6.26. The summed E-state index contributed by atoms with van der Waals surface area (Å²) in [4.78, 5) is 11.6. The van der Waals surface area contributed by atoms with Gasteiger partial charge >= 0.3 is 0 Å². The second-order valence-corrected chi connectivity index (χ2v) is 4.11. The molecule has 0 aromatic carbocycles. The Bertz CT molecular complexity index is 505. The molecule has 1 aromatic heterocycles. The largest absolute Gasteiger partial charge is 0.342 e. The van der Waals surface area contributed by atoms with Crippen LogP contribution in [-0.2, 0) is 9.47 Å². The van der Waals surface area contributed by atoms with Gasteiger partial charge in [-0.25, -0.2) is 4.68 Å². The zero-order valence-electron chi connectivity index (χ0n) is 11.8. The van der Waals surface area contributed by atoms with Gasteiger partial charge < -0.3 is 9.47 Å². The topological polar surface area (TPSA) is 53.4 Å². The van der Waals surface area contributed by atoms with Gasteiger partial charge in [-0.3, -0.25) is 4.79 Å². The number of hydrogen-bond acceptors (Lipinski definition) is 4. The van der Waals surface area contributed by atoms with Gasteiger partial charge in [-0.05, 0) is 45.6 Å². The third kappa shape index (κ3) is 4.86. The summed E-state index contributed by atoms with van der Waals surface area (Å²) >= 11 is 0. The summed E-state index contributed by atoms with van der Waals surface area (Å²) in [7, 11) is 0. The molecule has 0 saturated heterocycles. The first-order valence-corrected chi connectivity index (χ1v) is 6.43. The van der Waals surface area contributed by atoms with E-state index in [9.17, 15) is 4.79 Å². The van der Waals surface area contributed by atoms with Crippen molar-refractivity contribution in [2.45, 2.75) is 40.0 Å². The first kappa shape index (κ1) is 15.4. The second kappa shape index (κ2) is 7.72. The smallest absolute Gasteiger partial charge is 0.267 e. The van der Waals surface area contributed by atoms with Crippen LogP contribution in [0.5, 0.6) is 0 Å². The molecule has 0 atom stereocenters. The molecule has 0 amide bonds. The molecule has 1 aromatic rings. The molecule has 0 N–H and O–H groups in total. The number of rotatable bonds is 5. The molecule has 0 saturated carbocycles. The Morgan fingerprint density at radius 1 is 1.26 bits per heavy atom. The molecule has 5 nitrogen and oxygen atoms in total. The van der Waals surface area contributed by atoms with E-state index in [-0.39, 0.29) is 11.6 Å². The predicted octanol–water partition coefficient (Wildman–Crippen LogP) is 1.57. The van der Waals surface area contributed by atoms with Crippen LogP contribution >= 0.6 is 0 Å². The van der Waals surface area contributed by atoms with Crippen LogP contribution in [0.3, 0.4) is 0 Å². The average Bonchev–Trinajstić information content (AvgIpc) is 2.37. The van der Waals surface area contributed by atoms with Gasteiger partial charge in [0.25, 0.3) is 5.56 Å². The molecule has 0 aliphatic carbocycles. The van der Waals surface area contributed by atoms with Gasteiger partial charge in [-0.1, -0.05) is 0 Å². The van der Waals surface area contributed by atoms with Gasteiger partial charge in [0.15, 0.2) is 0 Å². The first-order valence-electron chi connectivity index (χ1n) is 6.43. The van der Waals surface area contributed by atoms with E-state index in [0.717, 1.165) is 0 Å². The van der Waals surface area contributed by atoms with Crippen molar-refractivity contribution in [3.05, 3.63) is 28.2 Å². The van der Waals surface area contributed by atoms with Gasteiger partial charge in [0.1, 0.15) is 5.69 Å². The van der Waals surface area contributed by atoms with E-state index in [2.05, 4.69) is 16.9 Å². The zero-order chi connectivity index (χ0) is 14.3. The number of hydrogen-bond donors (Lipinski definition) is 0. The maximum absolute atomic E-state index is 11.6. The summed E-state index contributed by atoms with van der Waals surface area (Å²) in [6.07, 6.45) is -0.559. The van der Waals surface area contributed by atoms with Gasteiger partial charge in [-0.2, -0.15) is 5.10 Å². The number of ether oxygens (including phenoxy) is 2. The summed E-state index contributed by atoms with van der Waals surface area (Å²) < 4.78 is 12.0. The molecular weight excluding hydrogens is 244 g/mol. The maximum Gasteiger partial charge on any atom is 0.267 e. The van der Waals surface area contributed by atoms with E-state index < -0.39 is 6.29 Å². The Hall–Kier alpha value is -1.64. The normalized spacial score (nSPS) is 10.6. The molecule has 0 aliphatic rings. The van der Waals surface area contributed by atoms with Crippen LogP contribution in [0.25, 0.3) is 0 Å². The fraction of sp³-hybridized carbons (Fsp3) is 0.571. The molecule has 5 heteroatoms. The van der Waals surface area contributed by atoms with E-state index >= 15 is 0 Å². The SMILES string of the molecule is CCOC(C#Cc1ccc(=O)n(C(C)C)n1)OCC. The monoisotopic (exact) mass is 264 g/mol. The fourth-order valence-electron chi connectivity index (χ4n) is 1.43. The Balaban J connectivity index is 2.93. The predicted molar refractivity (Wildman–Crippen MR) is 72.8 cm³/mol. The van der Waals surface area contributed by atoms with E-state index in [1.54, 1.807) is 6.07 Å². The first-order chi connectivity index (χ1) is 9.08. The highest BCUT2D eigenvalue weighted by Gasteiger charge is 2.04. The molecule has 0 bridgehead atoms. The van der Waals surface area contributed by atoms with E-state index in [0.29, 0.717) is 18.9 Å². The van der Waals surface area contributed by atoms with Gasteiger partial charge in [-0.15, -0.1) is 0 Å². The Morgan fingerprint density at radius 2 is 1.89 bits per heavy atom. The summed E-state index contributed by atoms with van der Waals surface area (Å²) in [5.74, 6) is 5.72. The van der Waals surface area contributed by atoms with Crippen molar-refractivity contribution in [3.8, 4) is 11.8 Å². The number of nitrogens with zero attached hydrogens (tertiary/aromatic N) is 2. The molecule has 1 heterocycles. The van der Waals surface area contributed by atoms with Crippen molar-refractivity contribution in [1.29, 1.82) is 0 Å². The average molecular weight is 264 g/mol. The van der Waals surface area contributed by atoms with Crippen molar-refractivity contribution in [1.82, 2.24) is 9.78 Å². The summed E-state index contributed by atoms with van der Waals surface area (Å²) in [6.45, 7) is 8.61. The van der Waals surface area contributed by atoms with Crippen LogP contribution in [0, 0.1) is 11.8 Å². The van der Waals surface area contributed by atoms with Crippen molar-refractivity contribution in [3.63, 3.8) is 0 Å². The molecule has 104 valence electrons. The highest BCUT2D eigenvalue weighted by Crippen LogP contribution is 1.98. The van der Waals surface area contributed by atoms with Gasteiger partial charge in [0.05, 0.1) is 6.04 Å². The lowest BCUT2D eigenvalue weighted by Gasteiger charge is -2.10. The Labute approximate surface area is 113 Å². The quantitative estimate of drug-likeness (QED) is 0.598. The van der Waals surface area contributed by atoms with Gasteiger partial charge in [0, 0.05) is 19.3 Å². The molecule has 19 heavy (non-hydrogen) atoms. The van der Waals surface area contributed by atoms with Crippen LogP contribution < -0.4 is 5.56 Å². The highest BCUT2D eigenvalue weighted by atomic mass is 16.7. The third-order valence-electron chi connectivity index (χ3n) is 2.27. The Morgan fingerprint density at radius 3 is 2.42 bits per heavy atom. The van der Waals surface area contributed by atoms with Crippen molar-refractivity contribution < 1.29 is 9.47 Å². The van der Waals surface area contributed by atoms with Crippen molar-refractivity contribution >= 4 is 0 Å². The molecule has 0 spiro atoms. The molecule has 0 radical (unpaired) electrons. The van der Waals surface area contributed by atoms with E-state index in [1.807, 2.05) is 27.7 Å². The molecule has 0 aliphatic heterocycles. The molecule has 0 fully saturated rings. The maximum atomic E-state index is 11.6. The van der Waals surface area contributed by atoms with E-state index in [1.165, 1.54) is 10.7 Å².